The van der Waals surface area contributed by atoms with E-state index in [1.807, 2.05) is 0 Å². The van der Waals surface area contributed by atoms with Crippen LogP contribution in [0.2, 0.25) is 0 Å². The molecule has 6 nitrogen and oxygen atoms in total. The number of benzene rings is 1. The number of imide groups is 1. The van der Waals surface area contributed by atoms with Gasteiger partial charge in [0.1, 0.15) is 6.54 Å². The Morgan fingerprint density at radius 2 is 2.12 bits per heavy atom. The van der Waals surface area contributed by atoms with Gasteiger partial charge in [0.05, 0.1) is 0 Å². The molecule has 1 aliphatic carbocycles. The highest BCUT2D eigenvalue weighted by molar-refractivity contribution is 6.01. The minimum Gasteiger partial charge on any atom is -0.358 e. The van der Waals surface area contributed by atoms with Crippen molar-refractivity contribution in [2.75, 3.05) is 26.7 Å². The first kappa shape index (κ1) is 15.9. The van der Waals surface area contributed by atoms with Gasteiger partial charge in [0.25, 0.3) is 0 Å². The van der Waals surface area contributed by atoms with E-state index in [0.717, 1.165) is 19.4 Å². The molecule has 1 unspecified atom stereocenters. The molecule has 0 saturated carbocycles. The molecule has 0 bridgehead atoms. The quantitative estimate of drug-likeness (QED) is 0.812. The van der Waals surface area contributed by atoms with Gasteiger partial charge in [-0.1, -0.05) is 12.1 Å². The average Bonchev–Trinajstić information content (AvgIpc) is 3.08. The first-order valence-electron chi connectivity index (χ1n) is 9.40. The van der Waals surface area contributed by atoms with Crippen LogP contribution < -0.4 is 5.32 Å². The summed E-state index contributed by atoms with van der Waals surface area (Å²) in [6, 6.07) is 6.86. The predicted octanol–water partition coefficient (Wildman–Crippen LogP) is 1.99. The number of fused-ring (bicyclic) bond motifs is 2. The molecule has 1 aromatic heterocycles. The van der Waals surface area contributed by atoms with Gasteiger partial charge in [-0.05, 0) is 49.9 Å². The number of carbonyl (C=O) groups is 2. The van der Waals surface area contributed by atoms with Gasteiger partial charge < -0.3 is 14.8 Å². The number of aromatic nitrogens is 1. The number of likely N-dealkylation sites (tertiary alicyclic amines) is 1. The van der Waals surface area contributed by atoms with Gasteiger partial charge in [-0.3, -0.25) is 10.1 Å². The van der Waals surface area contributed by atoms with E-state index in [1.165, 1.54) is 27.7 Å². The van der Waals surface area contributed by atoms with Crippen LogP contribution in [0.5, 0.6) is 0 Å². The van der Waals surface area contributed by atoms with Crippen LogP contribution in [0.1, 0.15) is 29.2 Å². The summed E-state index contributed by atoms with van der Waals surface area (Å²) in [4.78, 5) is 31.1. The second kappa shape index (κ2) is 5.58. The highest BCUT2D eigenvalue weighted by Crippen LogP contribution is 2.45. The molecule has 0 spiro atoms. The third-order valence-electron chi connectivity index (χ3n) is 6.50. The number of aryl methyl sites for hydroxylation is 1. The lowest BCUT2D eigenvalue weighted by Gasteiger charge is -2.46. The Morgan fingerprint density at radius 1 is 1.27 bits per heavy atom. The number of carbonyl (C=O) groups excluding carboxylic acids is 2. The fraction of sp³-hybridized carbons (Fsp3) is 0.500. The summed E-state index contributed by atoms with van der Waals surface area (Å²) in [5.41, 5.74) is 5.43. The third-order valence-corrected chi connectivity index (χ3v) is 6.50. The normalized spacial score (nSPS) is 28.5. The molecule has 3 aliphatic rings. The maximum Gasteiger partial charge on any atom is 0.324 e. The molecule has 6 heteroatoms. The minimum atomic E-state index is -0.242. The Bertz CT molecular complexity index is 918. The number of hydrogen-bond donors (Lipinski definition) is 2. The lowest BCUT2D eigenvalue weighted by atomic mass is 9.72. The Hall–Kier alpha value is -2.34. The maximum atomic E-state index is 11.9. The van der Waals surface area contributed by atoms with Crippen molar-refractivity contribution in [3.8, 4) is 0 Å². The van der Waals surface area contributed by atoms with Crippen molar-refractivity contribution in [2.45, 2.75) is 31.7 Å². The lowest BCUT2D eigenvalue weighted by Crippen LogP contribution is -2.50. The topological polar surface area (TPSA) is 68.4 Å². The Kier molecular flexibility index (Phi) is 3.41. The summed E-state index contributed by atoms with van der Waals surface area (Å²) in [5, 5.41) is 3.80. The summed E-state index contributed by atoms with van der Waals surface area (Å²) in [6.07, 6.45) is 2.15. The van der Waals surface area contributed by atoms with E-state index in [2.05, 4.69) is 47.4 Å². The Balaban J connectivity index is 1.46. The molecular weight excluding hydrogens is 328 g/mol. The highest BCUT2D eigenvalue weighted by atomic mass is 16.2. The average molecular weight is 352 g/mol. The molecule has 2 aromatic rings. The first-order chi connectivity index (χ1) is 12.5. The number of piperidine rings is 1. The standard InChI is InChI=1S/C20H24N4O2/c1-11-14-7-17-15(13-4-3-5-16(21-11)19(13)14)6-12(8-23(17)2)9-24-10-18(25)22-20(24)26/h3-5,12,15,17,21H,6-10H2,1-2H3,(H,22,25,26)/t12-,15?,17-/m1/s1. The molecule has 3 heterocycles. The van der Waals surface area contributed by atoms with Crippen molar-refractivity contribution in [3.05, 3.63) is 35.0 Å². The molecule has 2 saturated heterocycles. The van der Waals surface area contributed by atoms with E-state index in [-0.39, 0.29) is 18.5 Å². The summed E-state index contributed by atoms with van der Waals surface area (Å²) in [6.45, 7) is 3.99. The van der Waals surface area contributed by atoms with Gasteiger partial charge in [-0.2, -0.15) is 0 Å². The number of aromatic amines is 1. The number of nitrogens with one attached hydrogen (secondary N) is 2. The van der Waals surface area contributed by atoms with Crippen LogP contribution in [-0.2, 0) is 11.2 Å². The molecule has 2 N–H and O–H groups in total. The number of amides is 3. The van der Waals surface area contributed by atoms with Gasteiger partial charge in [-0.15, -0.1) is 0 Å². The molecule has 26 heavy (non-hydrogen) atoms. The van der Waals surface area contributed by atoms with Crippen LogP contribution in [0, 0.1) is 12.8 Å². The largest absolute Gasteiger partial charge is 0.358 e. The van der Waals surface area contributed by atoms with Crippen molar-refractivity contribution in [1.82, 2.24) is 20.1 Å². The maximum absolute atomic E-state index is 11.9. The zero-order chi connectivity index (χ0) is 18.0. The zero-order valence-corrected chi connectivity index (χ0v) is 15.2. The van der Waals surface area contributed by atoms with Gasteiger partial charge in [0, 0.05) is 41.6 Å². The number of H-pyrrole nitrogens is 1. The van der Waals surface area contributed by atoms with Crippen LogP contribution in [0.25, 0.3) is 10.9 Å². The first-order valence-corrected chi connectivity index (χ1v) is 9.40. The van der Waals surface area contributed by atoms with Crippen LogP contribution in [0.15, 0.2) is 18.2 Å². The van der Waals surface area contributed by atoms with Gasteiger partial charge >= 0.3 is 6.03 Å². The smallest absolute Gasteiger partial charge is 0.324 e. The molecule has 3 amide bonds. The highest BCUT2D eigenvalue weighted by Gasteiger charge is 2.41. The number of nitrogens with zero attached hydrogens (tertiary/aromatic N) is 2. The van der Waals surface area contributed by atoms with Gasteiger partial charge in [-0.25, -0.2) is 4.79 Å². The molecule has 2 aliphatic heterocycles. The predicted molar refractivity (Wildman–Crippen MR) is 99.1 cm³/mol. The molecule has 0 radical (unpaired) electrons. The molecule has 3 atom stereocenters. The van der Waals surface area contributed by atoms with Gasteiger partial charge in [0.2, 0.25) is 5.91 Å². The van der Waals surface area contributed by atoms with Crippen molar-refractivity contribution >= 4 is 22.8 Å². The molecule has 2 fully saturated rings. The van der Waals surface area contributed by atoms with Crippen molar-refractivity contribution in [3.63, 3.8) is 0 Å². The van der Waals surface area contributed by atoms with E-state index in [1.54, 1.807) is 4.90 Å². The summed E-state index contributed by atoms with van der Waals surface area (Å²) in [7, 11) is 2.20. The van der Waals surface area contributed by atoms with E-state index < -0.39 is 0 Å². The molecule has 1 aromatic carbocycles. The second-order valence-corrected chi connectivity index (χ2v) is 8.15. The summed E-state index contributed by atoms with van der Waals surface area (Å²) < 4.78 is 0. The van der Waals surface area contributed by atoms with Crippen LogP contribution in [0.3, 0.4) is 0 Å². The number of likely N-dealkylation sites (N-methyl/N-ethyl adjacent to an activating group) is 1. The number of rotatable bonds is 2. The Morgan fingerprint density at radius 3 is 2.88 bits per heavy atom. The van der Waals surface area contributed by atoms with Crippen molar-refractivity contribution < 1.29 is 9.59 Å². The molecular formula is C20H24N4O2. The van der Waals surface area contributed by atoms with E-state index in [9.17, 15) is 9.59 Å². The fourth-order valence-corrected chi connectivity index (χ4v) is 5.40. The van der Waals surface area contributed by atoms with Gasteiger partial charge in [0.15, 0.2) is 0 Å². The van der Waals surface area contributed by atoms with E-state index >= 15 is 0 Å². The van der Waals surface area contributed by atoms with Crippen LogP contribution in [-0.4, -0.2) is 59.4 Å². The lowest BCUT2D eigenvalue weighted by molar-refractivity contribution is -0.118. The van der Waals surface area contributed by atoms with Crippen molar-refractivity contribution in [2.24, 2.45) is 5.92 Å². The zero-order valence-electron chi connectivity index (χ0n) is 15.2. The minimum absolute atomic E-state index is 0.188. The van der Waals surface area contributed by atoms with E-state index in [4.69, 9.17) is 0 Å². The fourth-order valence-electron chi connectivity index (χ4n) is 5.40. The molecule has 136 valence electrons. The number of urea groups is 1. The SMILES string of the molecule is Cc1[nH]c2cccc3c2c1C[C@@H]1C3C[C@@H](CN2CC(=O)NC2=O)CN1C. The summed E-state index contributed by atoms with van der Waals surface area (Å²) in [5.74, 6) is 0.674. The van der Waals surface area contributed by atoms with Crippen LogP contribution >= 0.6 is 0 Å². The van der Waals surface area contributed by atoms with Crippen molar-refractivity contribution in [1.29, 1.82) is 0 Å². The van der Waals surface area contributed by atoms with E-state index in [0.29, 0.717) is 24.4 Å². The van der Waals surface area contributed by atoms with Crippen LogP contribution in [0.4, 0.5) is 4.79 Å². The Labute approximate surface area is 152 Å². The number of hydrogen-bond acceptors (Lipinski definition) is 3. The molecule has 5 rings (SSSR count). The summed E-state index contributed by atoms with van der Waals surface area (Å²) >= 11 is 0. The monoisotopic (exact) mass is 352 g/mol. The third kappa shape index (κ3) is 2.28. The second-order valence-electron chi connectivity index (χ2n) is 8.15.